The van der Waals surface area contributed by atoms with Crippen LogP contribution in [0.3, 0.4) is 0 Å². The van der Waals surface area contributed by atoms with Crippen LogP contribution in [0.25, 0.3) is 0 Å². The molecule has 0 aromatic rings. The standard InChI is InChI=1S/C14H28ClFO2Si2/c1-19(2,3)12-10-8-7-9-11-17-14(12,13(12,15)16)18-20(4,5)6/h7-11H2,1-6H3. The van der Waals surface area contributed by atoms with E-state index in [0.29, 0.717) is 6.61 Å². The summed E-state index contributed by atoms with van der Waals surface area (Å²) in [4.78, 5) is 0. The maximum Gasteiger partial charge on any atom is 0.244 e. The second-order valence-corrected chi connectivity index (χ2v) is 18.5. The summed E-state index contributed by atoms with van der Waals surface area (Å²) in [5.74, 6) is -1.20. The predicted octanol–water partition coefficient (Wildman–Crippen LogP) is 5.12. The number of fused-ring (bicyclic) bond motifs is 1. The van der Waals surface area contributed by atoms with Crippen LogP contribution in [0.4, 0.5) is 4.39 Å². The average Bonchev–Trinajstić information content (AvgIpc) is 2.55. The van der Waals surface area contributed by atoms with Crippen LogP contribution in [0, 0.1) is 0 Å². The Balaban J connectivity index is 2.48. The van der Waals surface area contributed by atoms with Gasteiger partial charge >= 0.3 is 0 Å². The van der Waals surface area contributed by atoms with E-state index in [1.165, 1.54) is 0 Å². The topological polar surface area (TPSA) is 18.5 Å². The number of rotatable bonds is 3. The molecule has 2 rings (SSSR count). The van der Waals surface area contributed by atoms with E-state index in [0.717, 1.165) is 25.7 Å². The van der Waals surface area contributed by atoms with Crippen LogP contribution in [-0.2, 0) is 9.16 Å². The van der Waals surface area contributed by atoms with Crippen molar-refractivity contribution in [2.75, 3.05) is 6.61 Å². The van der Waals surface area contributed by atoms with Gasteiger partial charge < -0.3 is 9.16 Å². The van der Waals surface area contributed by atoms with Crippen molar-refractivity contribution in [1.82, 2.24) is 0 Å². The van der Waals surface area contributed by atoms with Gasteiger partial charge in [0.15, 0.2) is 8.32 Å². The van der Waals surface area contributed by atoms with E-state index in [2.05, 4.69) is 39.3 Å². The molecule has 0 aromatic heterocycles. The molecule has 3 unspecified atom stereocenters. The fourth-order valence-electron chi connectivity index (χ4n) is 3.86. The van der Waals surface area contributed by atoms with Gasteiger partial charge in [0.05, 0.1) is 19.7 Å². The summed E-state index contributed by atoms with van der Waals surface area (Å²) in [5.41, 5.74) is 0. The Labute approximate surface area is 129 Å². The van der Waals surface area contributed by atoms with Gasteiger partial charge in [-0.25, -0.2) is 4.39 Å². The van der Waals surface area contributed by atoms with Crippen molar-refractivity contribution in [2.45, 2.75) is 80.9 Å². The fraction of sp³-hybridized carbons (Fsp3) is 1.00. The molecule has 2 aliphatic rings. The molecule has 6 heteroatoms. The van der Waals surface area contributed by atoms with Crippen LogP contribution >= 0.6 is 11.6 Å². The molecule has 0 bridgehead atoms. The lowest BCUT2D eigenvalue weighted by Gasteiger charge is -2.37. The van der Waals surface area contributed by atoms with Crippen molar-refractivity contribution < 1.29 is 13.6 Å². The first-order valence-electron chi connectivity index (χ1n) is 7.63. The fourth-order valence-corrected chi connectivity index (χ4v) is 9.87. The van der Waals surface area contributed by atoms with Crippen LogP contribution in [0.15, 0.2) is 0 Å². The molecule has 0 amide bonds. The monoisotopic (exact) mass is 338 g/mol. The maximum absolute atomic E-state index is 15.4. The zero-order valence-corrected chi connectivity index (χ0v) is 16.4. The predicted molar refractivity (Wildman–Crippen MR) is 87.3 cm³/mol. The highest BCUT2D eigenvalue weighted by Gasteiger charge is 2.95. The van der Waals surface area contributed by atoms with E-state index >= 15 is 4.39 Å². The number of alkyl halides is 2. The molecule has 0 aromatic carbocycles. The summed E-state index contributed by atoms with van der Waals surface area (Å²) < 4.78 is 27.7. The van der Waals surface area contributed by atoms with Crippen LogP contribution in [-0.4, -0.2) is 33.9 Å². The van der Waals surface area contributed by atoms with E-state index in [4.69, 9.17) is 20.8 Å². The molecule has 0 N–H and O–H groups in total. The van der Waals surface area contributed by atoms with Crippen molar-refractivity contribution in [1.29, 1.82) is 0 Å². The van der Waals surface area contributed by atoms with Gasteiger partial charge in [0.1, 0.15) is 0 Å². The molecule has 20 heavy (non-hydrogen) atoms. The van der Waals surface area contributed by atoms with Crippen LogP contribution in [0.2, 0.25) is 44.3 Å². The number of hydrogen-bond donors (Lipinski definition) is 0. The smallest absolute Gasteiger partial charge is 0.244 e. The Morgan fingerprint density at radius 1 is 1.05 bits per heavy atom. The average molecular weight is 339 g/mol. The van der Waals surface area contributed by atoms with E-state index in [-0.39, 0.29) is 0 Å². The Morgan fingerprint density at radius 3 is 2.15 bits per heavy atom. The lowest BCUT2D eigenvalue weighted by molar-refractivity contribution is -0.142. The number of ether oxygens (including phenoxy) is 1. The molecule has 2 fully saturated rings. The Hall–Kier alpha value is 0.574. The highest BCUT2D eigenvalue weighted by molar-refractivity contribution is 6.82. The first kappa shape index (κ1) is 16.9. The summed E-state index contributed by atoms with van der Waals surface area (Å²) in [6, 6.07) is 0. The highest BCUT2D eigenvalue weighted by Crippen LogP contribution is 2.84. The van der Waals surface area contributed by atoms with E-state index < -0.39 is 32.3 Å². The lowest BCUT2D eigenvalue weighted by atomic mass is 10.1. The molecule has 1 aliphatic carbocycles. The Morgan fingerprint density at radius 2 is 1.65 bits per heavy atom. The van der Waals surface area contributed by atoms with E-state index in [1.807, 2.05) is 0 Å². The molecule has 118 valence electrons. The first-order valence-corrected chi connectivity index (χ1v) is 14.9. The van der Waals surface area contributed by atoms with E-state index in [9.17, 15) is 0 Å². The van der Waals surface area contributed by atoms with Gasteiger partial charge in [-0.15, -0.1) is 0 Å². The number of hydrogen-bond acceptors (Lipinski definition) is 2. The molecule has 1 aliphatic heterocycles. The van der Waals surface area contributed by atoms with Crippen molar-refractivity contribution in [3.8, 4) is 0 Å². The Bertz CT molecular complexity index is 392. The largest absolute Gasteiger partial charge is 0.387 e. The van der Waals surface area contributed by atoms with Crippen LogP contribution in [0.1, 0.15) is 25.7 Å². The van der Waals surface area contributed by atoms with Gasteiger partial charge in [-0.05, 0) is 32.5 Å². The minimum Gasteiger partial charge on any atom is -0.387 e. The van der Waals surface area contributed by atoms with Gasteiger partial charge in [0, 0.05) is 0 Å². The summed E-state index contributed by atoms with van der Waals surface area (Å²) in [5, 5.41) is -2.48. The second-order valence-electron chi connectivity index (χ2n) is 8.22. The minimum atomic E-state index is -1.96. The van der Waals surface area contributed by atoms with Gasteiger partial charge in [-0.3, -0.25) is 0 Å². The SMILES string of the molecule is C[Si](C)(C)OC12OCCCCCC1([Si](C)(C)C)C2(F)Cl. The van der Waals surface area contributed by atoms with Crippen molar-refractivity contribution in [3.05, 3.63) is 0 Å². The third-order valence-corrected chi connectivity index (χ3v) is 9.79. The molecule has 0 radical (unpaired) electrons. The molecular weight excluding hydrogens is 311 g/mol. The molecular formula is C14H28ClFO2Si2. The molecule has 1 saturated heterocycles. The van der Waals surface area contributed by atoms with Gasteiger partial charge in [-0.1, -0.05) is 44.1 Å². The highest BCUT2D eigenvalue weighted by atomic mass is 35.5. The van der Waals surface area contributed by atoms with Crippen molar-refractivity contribution >= 4 is 28.0 Å². The third-order valence-electron chi connectivity index (χ3n) is 4.68. The minimum absolute atomic E-state index is 0.551. The van der Waals surface area contributed by atoms with Crippen molar-refractivity contribution in [2.24, 2.45) is 0 Å². The molecule has 1 saturated carbocycles. The van der Waals surface area contributed by atoms with E-state index in [1.54, 1.807) is 0 Å². The zero-order valence-electron chi connectivity index (χ0n) is 13.6. The van der Waals surface area contributed by atoms with Gasteiger partial charge in [0.2, 0.25) is 10.9 Å². The quantitative estimate of drug-likeness (QED) is 0.525. The molecule has 3 atom stereocenters. The van der Waals surface area contributed by atoms with Gasteiger partial charge in [0.25, 0.3) is 0 Å². The summed E-state index contributed by atoms with van der Waals surface area (Å²) >= 11 is 6.40. The summed E-state index contributed by atoms with van der Waals surface area (Å²) in [7, 11) is -3.86. The third kappa shape index (κ3) is 2.16. The van der Waals surface area contributed by atoms with Gasteiger partial charge in [-0.2, -0.15) is 0 Å². The maximum atomic E-state index is 15.4. The lowest BCUT2D eigenvalue weighted by Crippen LogP contribution is -2.44. The first-order chi connectivity index (χ1) is 8.91. The summed E-state index contributed by atoms with van der Waals surface area (Å²) in [6.45, 7) is 13.3. The van der Waals surface area contributed by atoms with Crippen LogP contribution < -0.4 is 0 Å². The van der Waals surface area contributed by atoms with Crippen molar-refractivity contribution in [3.63, 3.8) is 0 Å². The zero-order chi connectivity index (χ0) is 15.4. The Kier molecular flexibility index (Phi) is 4.05. The number of halogens is 2. The molecule has 1 heterocycles. The molecule has 0 spiro atoms. The normalized spacial score (nSPS) is 42.6. The second kappa shape index (κ2) is 4.78. The summed E-state index contributed by atoms with van der Waals surface area (Å²) in [6.07, 6.45) is 3.85. The molecule has 2 nitrogen and oxygen atoms in total. The van der Waals surface area contributed by atoms with Crippen LogP contribution in [0.5, 0.6) is 0 Å².